The van der Waals surface area contributed by atoms with Crippen molar-refractivity contribution in [2.45, 2.75) is 20.0 Å². The van der Waals surface area contributed by atoms with Crippen LogP contribution in [0.3, 0.4) is 0 Å². The number of nitrogens with one attached hydrogen (secondary N) is 1. The Hall–Kier alpha value is -3.43. The van der Waals surface area contributed by atoms with Gasteiger partial charge in [-0.15, -0.1) is 0 Å². The van der Waals surface area contributed by atoms with Crippen molar-refractivity contribution in [1.82, 2.24) is 5.16 Å². The number of benzene rings is 1. The fourth-order valence-corrected chi connectivity index (χ4v) is 2.11. The van der Waals surface area contributed by atoms with Crippen molar-refractivity contribution in [3.8, 4) is 0 Å². The lowest BCUT2D eigenvalue weighted by Gasteiger charge is -2.15. The van der Waals surface area contributed by atoms with Crippen molar-refractivity contribution in [2.75, 3.05) is 24.3 Å². The average Bonchev–Trinajstić information content (AvgIpc) is 2.98. The molecule has 138 valence electrons. The van der Waals surface area contributed by atoms with Gasteiger partial charge in [0.1, 0.15) is 11.4 Å². The van der Waals surface area contributed by atoms with Gasteiger partial charge in [0.15, 0.2) is 11.9 Å². The van der Waals surface area contributed by atoms with Crippen LogP contribution in [0.2, 0.25) is 0 Å². The van der Waals surface area contributed by atoms with Crippen LogP contribution in [0.15, 0.2) is 28.8 Å². The monoisotopic (exact) mass is 362 g/mol. The Morgan fingerprint density at radius 1 is 1.35 bits per heavy atom. The Kier molecular flexibility index (Phi) is 5.55. The van der Waals surface area contributed by atoms with Crippen LogP contribution >= 0.6 is 0 Å². The molecule has 0 bridgehead atoms. The number of amides is 1. The van der Waals surface area contributed by atoms with E-state index in [1.54, 1.807) is 25.9 Å². The topological polar surface area (TPSA) is 128 Å². The van der Waals surface area contributed by atoms with E-state index in [9.17, 15) is 19.7 Å². The summed E-state index contributed by atoms with van der Waals surface area (Å²) in [6.07, 6.45) is -1.13. The van der Waals surface area contributed by atoms with Gasteiger partial charge >= 0.3 is 5.97 Å². The third-order valence-electron chi connectivity index (χ3n) is 3.42. The average molecular weight is 362 g/mol. The largest absolute Gasteiger partial charge is 0.449 e. The molecule has 0 aliphatic carbocycles. The summed E-state index contributed by atoms with van der Waals surface area (Å²) in [7, 11) is 3.30. The zero-order valence-corrected chi connectivity index (χ0v) is 14.7. The highest BCUT2D eigenvalue weighted by atomic mass is 16.6. The Balaban J connectivity index is 2.10. The number of rotatable bonds is 6. The van der Waals surface area contributed by atoms with Crippen LogP contribution in [0.25, 0.3) is 0 Å². The van der Waals surface area contributed by atoms with Crippen LogP contribution in [-0.2, 0) is 9.53 Å². The maximum Gasteiger partial charge on any atom is 0.339 e. The van der Waals surface area contributed by atoms with E-state index in [4.69, 9.17) is 9.26 Å². The molecule has 0 saturated carbocycles. The molecule has 0 fully saturated rings. The van der Waals surface area contributed by atoms with Crippen molar-refractivity contribution in [1.29, 1.82) is 0 Å². The number of nitrogens with zero attached hydrogens (tertiary/aromatic N) is 3. The van der Waals surface area contributed by atoms with Crippen molar-refractivity contribution in [3.05, 3.63) is 45.7 Å². The molecule has 1 unspecified atom stereocenters. The summed E-state index contributed by atoms with van der Waals surface area (Å²) < 4.78 is 9.89. The molecule has 1 amide bonds. The lowest BCUT2D eigenvalue weighted by molar-refractivity contribution is -0.384. The van der Waals surface area contributed by atoms with E-state index in [0.29, 0.717) is 11.4 Å². The van der Waals surface area contributed by atoms with Crippen LogP contribution < -0.4 is 10.2 Å². The molecule has 0 aliphatic heterocycles. The number of hydrogen-bond acceptors (Lipinski definition) is 8. The van der Waals surface area contributed by atoms with Crippen LogP contribution in [0.4, 0.5) is 17.2 Å². The van der Waals surface area contributed by atoms with Crippen LogP contribution in [0.1, 0.15) is 23.0 Å². The minimum absolute atomic E-state index is 0.0285. The summed E-state index contributed by atoms with van der Waals surface area (Å²) >= 11 is 0. The highest BCUT2D eigenvalue weighted by Gasteiger charge is 2.23. The first-order valence-corrected chi connectivity index (χ1v) is 7.60. The summed E-state index contributed by atoms with van der Waals surface area (Å²) in [5.41, 5.74) is 0.0811. The fourth-order valence-electron chi connectivity index (χ4n) is 2.11. The second-order valence-corrected chi connectivity index (χ2v) is 5.71. The van der Waals surface area contributed by atoms with Crippen LogP contribution in [0.5, 0.6) is 0 Å². The minimum atomic E-state index is -1.13. The lowest BCUT2D eigenvalue weighted by Crippen LogP contribution is -2.30. The Bertz CT molecular complexity index is 845. The quantitative estimate of drug-likeness (QED) is 0.470. The van der Waals surface area contributed by atoms with E-state index in [2.05, 4.69) is 10.5 Å². The number of anilines is 2. The van der Waals surface area contributed by atoms with Crippen LogP contribution in [0, 0.1) is 17.0 Å². The molecule has 1 heterocycles. The first-order valence-electron chi connectivity index (χ1n) is 7.60. The minimum Gasteiger partial charge on any atom is -0.449 e. The highest BCUT2D eigenvalue weighted by Crippen LogP contribution is 2.28. The van der Waals surface area contributed by atoms with Crippen molar-refractivity contribution in [2.24, 2.45) is 0 Å². The number of carbonyl (C=O) groups excluding carboxylic acids is 2. The molecular formula is C16H18N4O6. The van der Waals surface area contributed by atoms with Gasteiger partial charge in [-0.3, -0.25) is 14.9 Å². The molecule has 1 aromatic heterocycles. The SMILES string of the molecule is Cc1cc(NC(=O)C(C)OC(=O)c2ccc(N(C)C)c([N+](=O)[O-])c2)no1. The van der Waals surface area contributed by atoms with Gasteiger partial charge in [0, 0.05) is 26.2 Å². The maximum absolute atomic E-state index is 12.2. The number of aromatic nitrogens is 1. The van der Waals surface area contributed by atoms with E-state index in [-0.39, 0.29) is 17.1 Å². The number of esters is 1. The van der Waals surface area contributed by atoms with Gasteiger partial charge in [-0.25, -0.2) is 4.79 Å². The van der Waals surface area contributed by atoms with Gasteiger partial charge < -0.3 is 19.5 Å². The number of hydrogen-bond donors (Lipinski definition) is 1. The zero-order valence-electron chi connectivity index (χ0n) is 14.7. The molecule has 10 heteroatoms. The molecule has 1 N–H and O–H groups in total. The predicted molar refractivity (Wildman–Crippen MR) is 92.2 cm³/mol. The molecule has 0 radical (unpaired) electrons. The van der Waals surface area contributed by atoms with Gasteiger partial charge in [-0.2, -0.15) is 0 Å². The van der Waals surface area contributed by atoms with Gasteiger partial charge in [0.2, 0.25) is 0 Å². The zero-order chi connectivity index (χ0) is 19.4. The predicted octanol–water partition coefficient (Wildman–Crippen LogP) is 2.14. The Morgan fingerprint density at radius 2 is 2.04 bits per heavy atom. The van der Waals surface area contributed by atoms with E-state index in [1.165, 1.54) is 25.1 Å². The van der Waals surface area contributed by atoms with Crippen molar-refractivity contribution < 1.29 is 23.8 Å². The molecule has 2 rings (SSSR count). The molecule has 0 aliphatic rings. The number of ether oxygens (including phenoxy) is 1. The summed E-state index contributed by atoms with van der Waals surface area (Å²) in [6.45, 7) is 3.04. The van der Waals surface area contributed by atoms with Crippen molar-refractivity contribution >= 4 is 29.1 Å². The number of carbonyl (C=O) groups is 2. The molecule has 10 nitrogen and oxygen atoms in total. The van der Waals surface area contributed by atoms with Gasteiger partial charge in [0.05, 0.1) is 10.5 Å². The maximum atomic E-state index is 12.2. The molecule has 26 heavy (non-hydrogen) atoms. The summed E-state index contributed by atoms with van der Waals surface area (Å²) in [4.78, 5) is 36.4. The van der Waals surface area contributed by atoms with Gasteiger partial charge in [-0.05, 0) is 26.0 Å². The highest BCUT2D eigenvalue weighted by molar-refractivity contribution is 5.97. The molecule has 0 saturated heterocycles. The molecule has 0 spiro atoms. The molecule has 1 atom stereocenters. The normalized spacial score (nSPS) is 11.5. The fraction of sp³-hybridized carbons (Fsp3) is 0.312. The van der Waals surface area contributed by atoms with E-state index in [0.717, 1.165) is 6.07 Å². The Morgan fingerprint density at radius 3 is 2.58 bits per heavy atom. The molecule has 1 aromatic carbocycles. The first-order chi connectivity index (χ1) is 12.2. The summed E-state index contributed by atoms with van der Waals surface area (Å²) in [6, 6.07) is 5.47. The second-order valence-electron chi connectivity index (χ2n) is 5.71. The second kappa shape index (κ2) is 7.64. The summed E-state index contributed by atoms with van der Waals surface area (Å²) in [5.74, 6) is -0.747. The van der Waals surface area contributed by atoms with E-state index in [1.807, 2.05) is 0 Å². The molecular weight excluding hydrogens is 344 g/mol. The number of nitro groups is 1. The molecule has 2 aromatic rings. The third-order valence-corrected chi connectivity index (χ3v) is 3.42. The van der Waals surface area contributed by atoms with E-state index < -0.39 is 22.9 Å². The number of nitro benzene ring substituents is 1. The first kappa shape index (κ1) is 18.9. The summed E-state index contributed by atoms with van der Waals surface area (Å²) in [5, 5.41) is 17.2. The van der Waals surface area contributed by atoms with Gasteiger partial charge in [0.25, 0.3) is 11.6 Å². The standard InChI is InChI=1S/C16H18N4O6/c1-9-7-14(18-26-9)17-15(21)10(2)25-16(22)11-5-6-12(19(3)4)13(8-11)20(23)24/h5-8,10H,1-4H3,(H,17,18,21). The van der Waals surface area contributed by atoms with Crippen LogP contribution in [-0.4, -0.2) is 42.2 Å². The van der Waals surface area contributed by atoms with Crippen molar-refractivity contribution in [3.63, 3.8) is 0 Å². The van der Waals surface area contributed by atoms with E-state index >= 15 is 0 Å². The smallest absolute Gasteiger partial charge is 0.339 e. The number of aryl methyl sites for hydroxylation is 1. The Labute approximate surface area is 148 Å². The third kappa shape index (κ3) is 4.35. The van der Waals surface area contributed by atoms with Gasteiger partial charge in [-0.1, -0.05) is 5.16 Å². The lowest BCUT2D eigenvalue weighted by atomic mass is 10.1.